The van der Waals surface area contributed by atoms with Crippen LogP contribution in [0.5, 0.6) is 0 Å². The quantitative estimate of drug-likeness (QED) is 0.650. The summed E-state index contributed by atoms with van der Waals surface area (Å²) in [6.07, 6.45) is 2.92. The molecule has 1 fully saturated rings. The van der Waals surface area contributed by atoms with Crippen molar-refractivity contribution in [3.8, 4) is 0 Å². The monoisotopic (exact) mass is 316 g/mol. The molecule has 5 heteroatoms. The van der Waals surface area contributed by atoms with Gasteiger partial charge in [-0.1, -0.05) is 35.9 Å². The first-order valence-electron chi connectivity index (χ1n) is 7.56. The Morgan fingerprint density at radius 2 is 2.00 bits per heavy atom. The summed E-state index contributed by atoms with van der Waals surface area (Å²) in [6, 6.07) is 11.5. The van der Waals surface area contributed by atoms with Crippen LogP contribution in [0.4, 0.5) is 0 Å². The summed E-state index contributed by atoms with van der Waals surface area (Å²) in [7, 11) is 0. The Balaban J connectivity index is 1.84. The van der Waals surface area contributed by atoms with Crippen LogP contribution in [-0.4, -0.2) is 13.1 Å². The number of hydrogen-bond acceptors (Lipinski definition) is 3. The summed E-state index contributed by atoms with van der Waals surface area (Å²) in [4.78, 5) is 0. The second-order valence-electron chi connectivity index (χ2n) is 5.93. The fourth-order valence-electron chi connectivity index (χ4n) is 3.60. The Labute approximate surface area is 134 Å². The minimum absolute atomic E-state index is 0.290. The molecule has 4 nitrogen and oxygen atoms in total. The number of ether oxygens (including phenoxy) is 1. The summed E-state index contributed by atoms with van der Waals surface area (Å²) in [6.45, 7) is 1.85. The fourth-order valence-corrected chi connectivity index (χ4v) is 3.77. The topological polar surface area (TPSA) is 48.2 Å². The second-order valence-corrected chi connectivity index (χ2v) is 6.36. The Kier molecular flexibility index (Phi) is 3.33. The highest BCUT2D eigenvalue weighted by atomic mass is 35.5. The predicted molar refractivity (Wildman–Crippen MR) is 83.6 cm³/mol. The first-order valence-corrected chi connectivity index (χ1v) is 7.94. The van der Waals surface area contributed by atoms with Gasteiger partial charge in [-0.2, -0.15) is 4.73 Å². The van der Waals surface area contributed by atoms with Crippen LogP contribution in [0.3, 0.4) is 0 Å². The van der Waals surface area contributed by atoms with E-state index in [-0.39, 0.29) is 11.7 Å². The van der Waals surface area contributed by atoms with Gasteiger partial charge in [-0.25, -0.2) is 0 Å². The smallest absolute Gasteiger partial charge is 0.227 e. The molecule has 2 aliphatic heterocycles. The van der Waals surface area contributed by atoms with Crippen LogP contribution in [0.2, 0.25) is 5.02 Å². The lowest BCUT2D eigenvalue weighted by molar-refractivity contribution is -0.618. The van der Waals surface area contributed by atoms with Gasteiger partial charge in [0.25, 0.3) is 0 Å². The lowest BCUT2D eigenvalue weighted by atomic mass is 9.84. The third-order valence-corrected chi connectivity index (χ3v) is 4.90. The van der Waals surface area contributed by atoms with Crippen molar-refractivity contribution in [2.75, 3.05) is 13.1 Å². The third kappa shape index (κ3) is 2.10. The molecule has 1 aromatic carbocycles. The zero-order chi connectivity index (χ0) is 15.2. The van der Waals surface area contributed by atoms with E-state index in [0.717, 1.165) is 36.2 Å². The van der Waals surface area contributed by atoms with E-state index in [2.05, 4.69) is 17.4 Å². The van der Waals surface area contributed by atoms with Crippen molar-refractivity contribution in [2.45, 2.75) is 24.5 Å². The molecule has 1 saturated heterocycles. The molecule has 1 atom stereocenters. The van der Waals surface area contributed by atoms with E-state index < -0.39 is 0 Å². The summed E-state index contributed by atoms with van der Waals surface area (Å²) in [5, 5.41) is 16.1. The number of nitrogens with zero attached hydrogens (tertiary/aromatic N) is 1. The van der Waals surface area contributed by atoms with E-state index in [0.29, 0.717) is 10.7 Å². The van der Waals surface area contributed by atoms with Crippen molar-refractivity contribution in [1.29, 1.82) is 0 Å². The third-order valence-electron chi connectivity index (χ3n) is 4.67. The Morgan fingerprint density at radius 3 is 2.82 bits per heavy atom. The number of nitrogens with one attached hydrogen (secondary N) is 1. The van der Waals surface area contributed by atoms with Gasteiger partial charge in [-0.15, -0.1) is 0 Å². The zero-order valence-corrected chi connectivity index (χ0v) is 12.8. The van der Waals surface area contributed by atoms with Crippen molar-refractivity contribution >= 4 is 11.6 Å². The van der Waals surface area contributed by atoms with Gasteiger partial charge in [-0.05, 0) is 37.1 Å². The van der Waals surface area contributed by atoms with Crippen LogP contribution in [0.25, 0.3) is 0 Å². The number of rotatable bonds is 1. The normalized spacial score (nSPS) is 22.7. The Hall–Kier alpha value is -1.62. The zero-order valence-electron chi connectivity index (χ0n) is 12.1. The first kappa shape index (κ1) is 14.0. The largest absolute Gasteiger partial charge is 0.618 e. The van der Waals surface area contributed by atoms with Gasteiger partial charge in [0.05, 0.1) is 10.6 Å². The molecule has 0 amide bonds. The molecule has 22 heavy (non-hydrogen) atoms. The Bertz CT molecular complexity index is 714. The minimum atomic E-state index is -0.356. The molecule has 0 radical (unpaired) electrons. The molecule has 1 unspecified atom stereocenters. The second kappa shape index (κ2) is 5.23. The van der Waals surface area contributed by atoms with Crippen LogP contribution in [-0.2, 0) is 10.3 Å². The number of benzene rings is 1. The summed E-state index contributed by atoms with van der Waals surface area (Å²) < 4.78 is 7.32. The lowest BCUT2D eigenvalue weighted by Crippen LogP contribution is -2.40. The molecule has 1 spiro atoms. The molecule has 3 heterocycles. The van der Waals surface area contributed by atoms with Crippen molar-refractivity contribution in [2.24, 2.45) is 0 Å². The van der Waals surface area contributed by atoms with Crippen LogP contribution in [0.1, 0.15) is 35.8 Å². The maximum Gasteiger partial charge on any atom is 0.227 e. The van der Waals surface area contributed by atoms with Gasteiger partial charge >= 0.3 is 0 Å². The molecule has 114 valence electrons. The highest BCUT2D eigenvalue weighted by Gasteiger charge is 2.47. The van der Waals surface area contributed by atoms with Crippen molar-refractivity contribution in [3.05, 3.63) is 69.6 Å². The standard InChI is InChI=1S/C17H17ClN2O2/c18-12-5-10-20(21)15(11-12)16-13-3-1-2-4-14(13)17(22-16)6-8-19-9-7-17/h1-5,10-11,16,19H,6-9H2. The van der Waals surface area contributed by atoms with Crippen molar-refractivity contribution in [3.63, 3.8) is 0 Å². The van der Waals surface area contributed by atoms with Gasteiger partial charge in [0.1, 0.15) is 0 Å². The maximum atomic E-state index is 12.2. The molecule has 2 aliphatic rings. The van der Waals surface area contributed by atoms with E-state index in [1.165, 1.54) is 11.8 Å². The molecule has 2 aromatic rings. The minimum Gasteiger partial charge on any atom is -0.618 e. The number of fused-ring (bicyclic) bond motifs is 2. The predicted octanol–water partition coefficient (Wildman–Crippen LogP) is 2.67. The van der Waals surface area contributed by atoms with E-state index in [1.807, 2.05) is 12.1 Å². The average Bonchev–Trinajstić information content (AvgIpc) is 2.85. The van der Waals surface area contributed by atoms with Gasteiger partial charge in [0.15, 0.2) is 12.3 Å². The van der Waals surface area contributed by atoms with Crippen LogP contribution in [0.15, 0.2) is 42.6 Å². The molecule has 1 aromatic heterocycles. The number of aromatic nitrogens is 1. The molecule has 0 saturated carbocycles. The SMILES string of the molecule is [O-][n+]1ccc(Cl)cc1C1OC2(CCNCC2)c2ccccc21. The van der Waals surface area contributed by atoms with Crippen LogP contribution in [0, 0.1) is 5.21 Å². The van der Waals surface area contributed by atoms with E-state index in [1.54, 1.807) is 12.1 Å². The summed E-state index contributed by atoms with van der Waals surface area (Å²) in [5.41, 5.74) is 2.55. The van der Waals surface area contributed by atoms with Crippen LogP contribution < -0.4 is 10.0 Å². The van der Waals surface area contributed by atoms with E-state index >= 15 is 0 Å². The van der Waals surface area contributed by atoms with Gasteiger partial charge in [0, 0.05) is 12.1 Å². The number of piperidine rings is 1. The molecule has 4 rings (SSSR count). The van der Waals surface area contributed by atoms with Gasteiger partial charge in [-0.3, -0.25) is 0 Å². The summed E-state index contributed by atoms with van der Waals surface area (Å²) >= 11 is 6.08. The number of hydrogen-bond donors (Lipinski definition) is 1. The number of halogens is 1. The number of pyridine rings is 1. The van der Waals surface area contributed by atoms with E-state index in [9.17, 15) is 5.21 Å². The highest BCUT2D eigenvalue weighted by molar-refractivity contribution is 6.30. The maximum absolute atomic E-state index is 12.2. The lowest BCUT2D eigenvalue weighted by Gasteiger charge is -2.34. The average molecular weight is 317 g/mol. The van der Waals surface area contributed by atoms with Gasteiger partial charge < -0.3 is 15.3 Å². The first-order chi connectivity index (χ1) is 10.7. The highest BCUT2D eigenvalue weighted by Crippen LogP contribution is 2.50. The van der Waals surface area contributed by atoms with Crippen LogP contribution >= 0.6 is 11.6 Å². The van der Waals surface area contributed by atoms with Crippen molar-refractivity contribution < 1.29 is 9.47 Å². The molecule has 0 bridgehead atoms. The fraction of sp³-hybridized carbons (Fsp3) is 0.353. The van der Waals surface area contributed by atoms with Gasteiger partial charge in [0.2, 0.25) is 5.69 Å². The molecule has 1 N–H and O–H groups in total. The van der Waals surface area contributed by atoms with E-state index in [4.69, 9.17) is 16.3 Å². The Morgan fingerprint density at radius 1 is 1.23 bits per heavy atom. The van der Waals surface area contributed by atoms with Crippen molar-refractivity contribution in [1.82, 2.24) is 5.32 Å². The molecular weight excluding hydrogens is 300 g/mol. The summed E-state index contributed by atoms with van der Waals surface area (Å²) in [5.74, 6) is 0. The molecular formula is C17H17ClN2O2. The molecule has 0 aliphatic carbocycles.